The number of alkyl halides is 1. The molecule has 0 spiro atoms. The van der Waals surface area contributed by atoms with Gasteiger partial charge in [0.15, 0.2) is 0 Å². The highest BCUT2D eigenvalue weighted by molar-refractivity contribution is 6.25. The standard InChI is InChI=1S/C11H13Cl2N/c1-9(13)10-5-2-3-6-11(10)14-8-4-7-12/h2-7,9,14H,8H2,1H3/b7-4+. The largest absolute Gasteiger partial charge is 0.381 e. The molecule has 76 valence electrons. The summed E-state index contributed by atoms with van der Waals surface area (Å²) in [4.78, 5) is 0. The molecule has 0 saturated heterocycles. The predicted molar refractivity (Wildman–Crippen MR) is 64.2 cm³/mol. The van der Waals surface area contributed by atoms with E-state index in [4.69, 9.17) is 23.2 Å². The first-order chi connectivity index (χ1) is 6.75. The number of halogens is 2. The van der Waals surface area contributed by atoms with Crippen LogP contribution < -0.4 is 5.32 Å². The zero-order valence-electron chi connectivity index (χ0n) is 8.00. The smallest absolute Gasteiger partial charge is 0.0577 e. The van der Waals surface area contributed by atoms with Gasteiger partial charge in [0.25, 0.3) is 0 Å². The quantitative estimate of drug-likeness (QED) is 0.766. The molecule has 0 amide bonds. The van der Waals surface area contributed by atoms with Crippen molar-refractivity contribution >= 4 is 28.9 Å². The molecule has 0 aromatic heterocycles. The molecule has 0 heterocycles. The Morgan fingerprint density at radius 1 is 1.43 bits per heavy atom. The van der Waals surface area contributed by atoms with Crippen molar-refractivity contribution in [3.63, 3.8) is 0 Å². The summed E-state index contributed by atoms with van der Waals surface area (Å²) in [6.07, 6.45) is 1.84. The third-order valence-corrected chi connectivity index (χ3v) is 2.30. The van der Waals surface area contributed by atoms with Crippen molar-refractivity contribution in [3.8, 4) is 0 Å². The van der Waals surface area contributed by atoms with E-state index in [-0.39, 0.29) is 5.38 Å². The number of rotatable bonds is 4. The number of nitrogens with one attached hydrogen (secondary N) is 1. The molecule has 0 bridgehead atoms. The molecule has 1 atom stereocenters. The topological polar surface area (TPSA) is 12.0 Å². The molecule has 1 nitrogen and oxygen atoms in total. The molecule has 0 aliphatic rings. The van der Waals surface area contributed by atoms with E-state index in [9.17, 15) is 0 Å². The maximum absolute atomic E-state index is 6.04. The van der Waals surface area contributed by atoms with Crippen molar-refractivity contribution in [3.05, 3.63) is 41.4 Å². The van der Waals surface area contributed by atoms with Crippen molar-refractivity contribution in [2.45, 2.75) is 12.3 Å². The van der Waals surface area contributed by atoms with Crippen molar-refractivity contribution in [1.29, 1.82) is 0 Å². The van der Waals surface area contributed by atoms with E-state index in [1.54, 1.807) is 0 Å². The Morgan fingerprint density at radius 3 is 2.79 bits per heavy atom. The summed E-state index contributed by atoms with van der Waals surface area (Å²) < 4.78 is 0. The van der Waals surface area contributed by atoms with Crippen LogP contribution in [0.2, 0.25) is 0 Å². The van der Waals surface area contributed by atoms with Crippen LogP contribution in [-0.2, 0) is 0 Å². The molecule has 1 aromatic carbocycles. The maximum atomic E-state index is 6.04. The molecule has 0 fully saturated rings. The second-order valence-electron chi connectivity index (χ2n) is 2.95. The van der Waals surface area contributed by atoms with Crippen molar-refractivity contribution in [1.82, 2.24) is 0 Å². The van der Waals surface area contributed by atoms with Crippen LogP contribution in [0.1, 0.15) is 17.9 Å². The molecule has 0 aliphatic heterocycles. The SMILES string of the molecule is CC(Cl)c1ccccc1NC/C=C/Cl. The number of anilines is 1. The third-order valence-electron chi connectivity index (χ3n) is 1.89. The maximum Gasteiger partial charge on any atom is 0.0577 e. The third kappa shape index (κ3) is 3.24. The molecule has 1 rings (SSSR count). The van der Waals surface area contributed by atoms with E-state index in [1.807, 2.05) is 37.3 Å². The fourth-order valence-electron chi connectivity index (χ4n) is 1.22. The lowest BCUT2D eigenvalue weighted by atomic mass is 10.1. The molecule has 0 aliphatic carbocycles. The summed E-state index contributed by atoms with van der Waals surface area (Å²) in [5.74, 6) is 0. The Kier molecular flexibility index (Phi) is 4.85. The summed E-state index contributed by atoms with van der Waals surface area (Å²) in [5.41, 5.74) is 3.67. The van der Waals surface area contributed by atoms with E-state index in [0.29, 0.717) is 6.54 Å². The highest BCUT2D eigenvalue weighted by Crippen LogP contribution is 2.26. The molecule has 0 radical (unpaired) electrons. The predicted octanol–water partition coefficient (Wildman–Crippen LogP) is 4.15. The number of benzene rings is 1. The first-order valence-corrected chi connectivity index (χ1v) is 5.35. The highest BCUT2D eigenvalue weighted by atomic mass is 35.5. The first-order valence-electron chi connectivity index (χ1n) is 4.47. The summed E-state index contributed by atoms with van der Waals surface area (Å²) in [5, 5.41) is 3.25. The fraction of sp³-hybridized carbons (Fsp3) is 0.273. The van der Waals surface area contributed by atoms with E-state index >= 15 is 0 Å². The molecule has 14 heavy (non-hydrogen) atoms. The minimum Gasteiger partial charge on any atom is -0.381 e. The van der Waals surface area contributed by atoms with Gasteiger partial charge in [-0.3, -0.25) is 0 Å². The lowest BCUT2D eigenvalue weighted by Crippen LogP contribution is -2.01. The van der Waals surface area contributed by atoms with Gasteiger partial charge < -0.3 is 5.32 Å². The highest BCUT2D eigenvalue weighted by Gasteiger charge is 2.05. The number of para-hydroxylation sites is 1. The molecule has 1 aromatic rings. The van der Waals surface area contributed by atoms with E-state index < -0.39 is 0 Å². The zero-order chi connectivity index (χ0) is 10.4. The zero-order valence-corrected chi connectivity index (χ0v) is 9.52. The van der Waals surface area contributed by atoms with Crippen LogP contribution in [-0.4, -0.2) is 6.54 Å². The Bertz CT molecular complexity index is 308. The van der Waals surface area contributed by atoms with Gasteiger partial charge in [-0.1, -0.05) is 35.9 Å². The van der Waals surface area contributed by atoms with Gasteiger partial charge in [0, 0.05) is 17.8 Å². The lowest BCUT2D eigenvalue weighted by molar-refractivity contribution is 1.08. The fourth-order valence-corrected chi connectivity index (χ4v) is 1.50. The van der Waals surface area contributed by atoms with Gasteiger partial charge in [-0.15, -0.1) is 11.6 Å². The van der Waals surface area contributed by atoms with Crippen molar-refractivity contribution in [2.24, 2.45) is 0 Å². The normalized spacial score (nSPS) is 13.1. The van der Waals surface area contributed by atoms with Gasteiger partial charge >= 0.3 is 0 Å². The van der Waals surface area contributed by atoms with Crippen LogP contribution in [0.15, 0.2) is 35.9 Å². The lowest BCUT2D eigenvalue weighted by Gasteiger charge is -2.11. The molecular formula is C11H13Cl2N. The molecule has 1 N–H and O–H groups in total. The second-order valence-corrected chi connectivity index (χ2v) is 3.85. The van der Waals surface area contributed by atoms with Gasteiger partial charge in [-0.05, 0) is 18.6 Å². The van der Waals surface area contributed by atoms with Crippen molar-refractivity contribution < 1.29 is 0 Å². The Hall–Kier alpha value is -0.660. The Balaban J connectivity index is 2.74. The van der Waals surface area contributed by atoms with Crippen molar-refractivity contribution in [2.75, 3.05) is 11.9 Å². The van der Waals surface area contributed by atoms with Gasteiger partial charge in [0.05, 0.1) is 5.38 Å². The molecule has 3 heteroatoms. The summed E-state index contributed by atoms with van der Waals surface area (Å²) in [6, 6.07) is 7.99. The second kappa shape index (κ2) is 5.94. The van der Waals surface area contributed by atoms with Gasteiger partial charge in [0.1, 0.15) is 0 Å². The Labute approximate surface area is 94.7 Å². The van der Waals surface area contributed by atoms with Crippen LogP contribution in [0, 0.1) is 0 Å². The van der Waals surface area contributed by atoms with Gasteiger partial charge in [0.2, 0.25) is 0 Å². The minimum absolute atomic E-state index is 0.0127. The van der Waals surface area contributed by atoms with Gasteiger partial charge in [-0.25, -0.2) is 0 Å². The summed E-state index contributed by atoms with van der Waals surface area (Å²) >= 11 is 11.5. The van der Waals surface area contributed by atoms with Crippen LogP contribution in [0.3, 0.4) is 0 Å². The monoisotopic (exact) mass is 229 g/mol. The van der Waals surface area contributed by atoms with Crippen LogP contribution in [0.4, 0.5) is 5.69 Å². The molecule has 1 unspecified atom stereocenters. The first kappa shape index (κ1) is 11.4. The number of hydrogen-bond donors (Lipinski definition) is 1. The molecular weight excluding hydrogens is 217 g/mol. The summed E-state index contributed by atoms with van der Waals surface area (Å²) in [7, 11) is 0. The van der Waals surface area contributed by atoms with Gasteiger partial charge in [-0.2, -0.15) is 0 Å². The minimum atomic E-state index is 0.0127. The average molecular weight is 230 g/mol. The van der Waals surface area contributed by atoms with Crippen LogP contribution in [0.25, 0.3) is 0 Å². The van der Waals surface area contributed by atoms with Crippen LogP contribution >= 0.6 is 23.2 Å². The van der Waals surface area contributed by atoms with E-state index in [0.717, 1.165) is 11.3 Å². The van der Waals surface area contributed by atoms with Crippen LogP contribution in [0.5, 0.6) is 0 Å². The molecule has 0 saturated carbocycles. The Morgan fingerprint density at radius 2 is 2.14 bits per heavy atom. The number of hydrogen-bond acceptors (Lipinski definition) is 1. The average Bonchev–Trinajstić information content (AvgIpc) is 2.19. The summed E-state index contributed by atoms with van der Waals surface area (Å²) in [6.45, 7) is 2.67. The van der Waals surface area contributed by atoms with E-state index in [2.05, 4.69) is 5.32 Å². The van der Waals surface area contributed by atoms with E-state index in [1.165, 1.54) is 5.54 Å².